The van der Waals surface area contributed by atoms with Gasteiger partial charge in [0.2, 0.25) is 0 Å². The molecule has 0 amide bonds. The maximum absolute atomic E-state index is 10.2. The van der Waals surface area contributed by atoms with Crippen molar-refractivity contribution in [2.45, 2.75) is 25.9 Å². The van der Waals surface area contributed by atoms with Gasteiger partial charge in [-0.15, -0.1) is 24.0 Å². The molecule has 1 aliphatic heterocycles. The molecule has 0 bridgehead atoms. The number of likely N-dealkylation sites (tertiary alicyclic amines) is 1. The van der Waals surface area contributed by atoms with Crippen LogP contribution in [0.1, 0.15) is 18.9 Å². The predicted octanol–water partition coefficient (Wildman–Crippen LogP) is 2.14. The van der Waals surface area contributed by atoms with E-state index in [-0.39, 0.29) is 24.0 Å². The van der Waals surface area contributed by atoms with Crippen LogP contribution in [-0.4, -0.2) is 62.0 Å². The molecule has 2 N–H and O–H groups in total. The lowest BCUT2D eigenvalue weighted by Crippen LogP contribution is -2.40. The van der Waals surface area contributed by atoms with Crippen molar-refractivity contribution >= 4 is 29.9 Å². The van der Waals surface area contributed by atoms with Crippen LogP contribution in [-0.2, 0) is 11.2 Å². The molecule has 0 aromatic heterocycles. The fourth-order valence-electron chi connectivity index (χ4n) is 2.97. The maximum atomic E-state index is 10.2. The van der Waals surface area contributed by atoms with Crippen molar-refractivity contribution in [1.29, 1.82) is 0 Å². The molecule has 1 saturated heterocycles. The average molecular weight is 447 g/mol. The molecule has 136 valence electrons. The van der Waals surface area contributed by atoms with Crippen LogP contribution < -0.4 is 5.32 Å². The van der Waals surface area contributed by atoms with Crippen molar-refractivity contribution in [3.05, 3.63) is 35.9 Å². The number of nitrogens with zero attached hydrogens (tertiary/aromatic N) is 2. The molecule has 6 heteroatoms. The number of methoxy groups -OCH3 is 1. The highest BCUT2D eigenvalue weighted by atomic mass is 127. The summed E-state index contributed by atoms with van der Waals surface area (Å²) in [6.45, 7) is 6.08. The van der Waals surface area contributed by atoms with Gasteiger partial charge in [0.1, 0.15) is 0 Å². The maximum Gasteiger partial charge on any atom is 0.194 e. The first-order valence-corrected chi connectivity index (χ1v) is 8.47. The summed E-state index contributed by atoms with van der Waals surface area (Å²) in [7, 11) is 1.75. The van der Waals surface area contributed by atoms with Crippen LogP contribution in [0.2, 0.25) is 0 Å². The molecule has 2 unspecified atom stereocenters. The van der Waals surface area contributed by atoms with Crippen molar-refractivity contribution in [1.82, 2.24) is 10.2 Å². The van der Waals surface area contributed by atoms with Gasteiger partial charge in [0.25, 0.3) is 0 Å². The number of rotatable bonds is 7. The minimum atomic E-state index is -0.455. The van der Waals surface area contributed by atoms with E-state index in [4.69, 9.17) is 4.74 Å². The Balaban J connectivity index is 0.00000288. The third-order valence-corrected chi connectivity index (χ3v) is 4.09. The molecule has 1 aromatic carbocycles. The van der Waals surface area contributed by atoms with E-state index in [1.165, 1.54) is 0 Å². The summed E-state index contributed by atoms with van der Waals surface area (Å²) in [5.74, 6) is 1.47. The fraction of sp³-hybridized carbons (Fsp3) is 0.611. The summed E-state index contributed by atoms with van der Waals surface area (Å²) in [5, 5.41) is 13.6. The lowest BCUT2D eigenvalue weighted by atomic mass is 10.1. The van der Waals surface area contributed by atoms with Crippen molar-refractivity contribution < 1.29 is 9.84 Å². The Morgan fingerprint density at radius 2 is 2.17 bits per heavy atom. The number of aliphatic hydroxyl groups excluding tert-OH is 1. The number of aliphatic imine (C=N–C) groups is 1. The largest absolute Gasteiger partial charge is 0.391 e. The molecule has 2 rings (SSSR count). The van der Waals surface area contributed by atoms with Crippen molar-refractivity contribution in [3.63, 3.8) is 0 Å². The molecule has 1 aliphatic rings. The first-order valence-electron chi connectivity index (χ1n) is 8.47. The summed E-state index contributed by atoms with van der Waals surface area (Å²) >= 11 is 0. The summed E-state index contributed by atoms with van der Waals surface area (Å²) in [4.78, 5) is 6.89. The number of hydrogen-bond donors (Lipinski definition) is 2. The van der Waals surface area contributed by atoms with Gasteiger partial charge < -0.3 is 20.1 Å². The van der Waals surface area contributed by atoms with Gasteiger partial charge in [-0.25, -0.2) is 0 Å². The van der Waals surface area contributed by atoms with Crippen LogP contribution in [0, 0.1) is 5.92 Å². The van der Waals surface area contributed by atoms with Gasteiger partial charge in [0, 0.05) is 39.1 Å². The summed E-state index contributed by atoms with van der Waals surface area (Å²) in [6, 6.07) is 10.0. The Bertz CT molecular complexity index is 484. The molecule has 5 nitrogen and oxygen atoms in total. The highest BCUT2D eigenvalue weighted by molar-refractivity contribution is 14.0. The quantitative estimate of drug-likeness (QED) is 0.382. The summed E-state index contributed by atoms with van der Waals surface area (Å²) in [5.41, 5.74) is 1.14. The third-order valence-electron chi connectivity index (χ3n) is 4.09. The van der Waals surface area contributed by atoms with E-state index in [0.29, 0.717) is 18.9 Å². The zero-order chi connectivity index (χ0) is 16.5. The SMILES string of the molecule is CCNC(=NCC(O)Cc1ccccc1)N1CCC(COC)C1.I. The van der Waals surface area contributed by atoms with Gasteiger partial charge in [-0.1, -0.05) is 30.3 Å². The number of halogens is 1. The highest BCUT2D eigenvalue weighted by Crippen LogP contribution is 2.16. The average Bonchev–Trinajstić information content (AvgIpc) is 3.01. The lowest BCUT2D eigenvalue weighted by Gasteiger charge is -2.22. The second kappa shape index (κ2) is 11.7. The van der Waals surface area contributed by atoms with Crippen molar-refractivity contribution in [3.8, 4) is 0 Å². The first kappa shape index (κ1) is 21.2. The molecule has 24 heavy (non-hydrogen) atoms. The minimum Gasteiger partial charge on any atom is -0.391 e. The van der Waals surface area contributed by atoms with Gasteiger partial charge in [-0.3, -0.25) is 4.99 Å². The third kappa shape index (κ3) is 6.94. The van der Waals surface area contributed by atoms with Gasteiger partial charge in [-0.2, -0.15) is 0 Å². The van der Waals surface area contributed by atoms with Crippen LogP contribution in [0.4, 0.5) is 0 Å². The van der Waals surface area contributed by atoms with Crippen LogP contribution in [0.3, 0.4) is 0 Å². The first-order chi connectivity index (χ1) is 11.2. The van der Waals surface area contributed by atoms with Crippen LogP contribution in [0.15, 0.2) is 35.3 Å². The monoisotopic (exact) mass is 447 g/mol. The van der Waals surface area contributed by atoms with E-state index >= 15 is 0 Å². The van der Waals surface area contributed by atoms with E-state index in [2.05, 4.69) is 22.1 Å². The lowest BCUT2D eigenvalue weighted by molar-refractivity contribution is 0.157. The molecule has 0 aliphatic carbocycles. The smallest absolute Gasteiger partial charge is 0.194 e. The van der Waals surface area contributed by atoms with Crippen molar-refractivity contribution in [2.24, 2.45) is 10.9 Å². The zero-order valence-electron chi connectivity index (χ0n) is 14.6. The Labute approximate surface area is 162 Å². The topological polar surface area (TPSA) is 57.1 Å². The Kier molecular flexibility index (Phi) is 10.3. The van der Waals surface area contributed by atoms with Crippen molar-refractivity contribution in [2.75, 3.05) is 39.9 Å². The standard InChI is InChI=1S/C18H29N3O2.HI/c1-3-19-18(21-10-9-16(13-21)14-23-2)20-12-17(22)11-15-7-5-4-6-8-15;/h4-8,16-17,22H,3,9-14H2,1-2H3,(H,19,20);1H. The van der Waals surface area contributed by atoms with Crippen LogP contribution >= 0.6 is 24.0 Å². The number of benzene rings is 1. The molecular weight excluding hydrogens is 417 g/mol. The molecule has 1 heterocycles. The number of guanidine groups is 1. The molecule has 0 saturated carbocycles. The van der Waals surface area contributed by atoms with E-state index in [0.717, 1.165) is 44.2 Å². The Hall–Kier alpha value is -0.860. The van der Waals surface area contributed by atoms with Crippen LogP contribution in [0.25, 0.3) is 0 Å². The van der Waals surface area contributed by atoms with Gasteiger partial charge in [-0.05, 0) is 18.9 Å². The van der Waals surface area contributed by atoms with Gasteiger partial charge in [0.05, 0.1) is 19.3 Å². The van der Waals surface area contributed by atoms with Crippen LogP contribution in [0.5, 0.6) is 0 Å². The summed E-state index contributed by atoms with van der Waals surface area (Å²) < 4.78 is 5.25. The van der Waals surface area contributed by atoms with E-state index < -0.39 is 6.10 Å². The van der Waals surface area contributed by atoms with Gasteiger partial charge in [0.15, 0.2) is 5.96 Å². The molecule has 1 aromatic rings. The molecule has 0 spiro atoms. The number of nitrogens with one attached hydrogen (secondary N) is 1. The van der Waals surface area contributed by atoms with E-state index in [9.17, 15) is 5.11 Å². The molecule has 0 radical (unpaired) electrons. The second-order valence-electron chi connectivity index (χ2n) is 6.09. The fourth-order valence-corrected chi connectivity index (χ4v) is 2.97. The molecule has 1 fully saturated rings. The van der Waals surface area contributed by atoms with Gasteiger partial charge >= 0.3 is 0 Å². The van der Waals surface area contributed by atoms with E-state index in [1.807, 2.05) is 30.3 Å². The zero-order valence-corrected chi connectivity index (χ0v) is 17.0. The molecular formula is C18H30IN3O2. The van der Waals surface area contributed by atoms with E-state index in [1.54, 1.807) is 7.11 Å². The number of hydrogen-bond acceptors (Lipinski definition) is 3. The number of ether oxygens (including phenoxy) is 1. The Morgan fingerprint density at radius 3 is 2.83 bits per heavy atom. The predicted molar refractivity (Wildman–Crippen MR) is 109 cm³/mol. The molecule has 2 atom stereocenters. The normalized spacial score (nSPS) is 19.0. The highest BCUT2D eigenvalue weighted by Gasteiger charge is 2.24. The second-order valence-corrected chi connectivity index (χ2v) is 6.09. The number of aliphatic hydroxyl groups is 1. The Morgan fingerprint density at radius 1 is 1.42 bits per heavy atom. The minimum absolute atomic E-state index is 0. The summed E-state index contributed by atoms with van der Waals surface area (Å²) in [6.07, 6.45) is 1.31.